The van der Waals surface area contributed by atoms with Crippen molar-refractivity contribution in [2.45, 2.75) is 46.5 Å². The van der Waals surface area contributed by atoms with Crippen molar-refractivity contribution in [1.29, 1.82) is 0 Å². The second kappa shape index (κ2) is 7.17. The van der Waals surface area contributed by atoms with Gasteiger partial charge in [-0.15, -0.1) is 0 Å². The summed E-state index contributed by atoms with van der Waals surface area (Å²) in [5.74, 6) is -0.667. The molecular weight excluding hydrogens is 302 g/mol. The van der Waals surface area contributed by atoms with Gasteiger partial charge in [0.05, 0.1) is 9.85 Å². The number of nitro benzene ring substituents is 2. The first-order valence-corrected chi connectivity index (χ1v) is 7.35. The molecule has 0 aliphatic rings. The first kappa shape index (κ1) is 18.5. The number of hydrogen-bond acceptors (Lipinski definition) is 5. The molecule has 0 spiro atoms. The maximum Gasteiger partial charge on any atom is 0.282 e. The molecule has 8 nitrogen and oxygen atoms in total. The lowest BCUT2D eigenvalue weighted by atomic mass is 9.83. The van der Waals surface area contributed by atoms with Crippen molar-refractivity contribution < 1.29 is 14.6 Å². The van der Waals surface area contributed by atoms with Crippen molar-refractivity contribution in [1.82, 2.24) is 0 Å². The van der Waals surface area contributed by atoms with E-state index in [1.165, 1.54) is 26.0 Å². The number of rotatable bonds is 8. The average molecular weight is 323 g/mol. The molecule has 0 aliphatic heterocycles. The molecule has 0 fully saturated rings. The van der Waals surface area contributed by atoms with Gasteiger partial charge in [0.25, 0.3) is 11.4 Å². The van der Waals surface area contributed by atoms with Crippen LogP contribution in [0.15, 0.2) is 12.1 Å². The molecule has 0 unspecified atom stereocenters. The lowest BCUT2D eigenvalue weighted by molar-refractivity contribution is -0.396. The first-order valence-electron chi connectivity index (χ1n) is 7.35. The molecule has 0 bridgehead atoms. The summed E-state index contributed by atoms with van der Waals surface area (Å²) in [5, 5.41) is 22.7. The molecule has 0 heterocycles. The van der Waals surface area contributed by atoms with E-state index < -0.39 is 21.2 Å². The van der Waals surface area contributed by atoms with Crippen LogP contribution in [-0.4, -0.2) is 15.8 Å². The van der Waals surface area contributed by atoms with Crippen LogP contribution in [-0.2, 0) is 17.6 Å². The molecule has 126 valence electrons. The van der Waals surface area contributed by atoms with Gasteiger partial charge in [-0.25, -0.2) is 0 Å². The highest BCUT2D eigenvalue weighted by molar-refractivity contribution is 5.81. The number of unbranched alkanes of at least 4 members (excludes halogenated alkanes) is 1. The van der Waals surface area contributed by atoms with Crippen LogP contribution in [0.1, 0.15) is 44.7 Å². The number of carbonyl (C=O) groups excluding carboxylic acids is 1. The topological polar surface area (TPSA) is 129 Å². The Balaban J connectivity index is 3.56. The monoisotopic (exact) mass is 323 g/mol. The third-order valence-electron chi connectivity index (χ3n) is 3.81. The number of benzene rings is 1. The molecule has 1 rings (SSSR count). The van der Waals surface area contributed by atoms with E-state index in [0.717, 1.165) is 12.8 Å². The number of aryl methyl sites for hydroxylation is 1. The fourth-order valence-corrected chi connectivity index (χ4v) is 2.34. The Morgan fingerprint density at radius 3 is 2.26 bits per heavy atom. The van der Waals surface area contributed by atoms with Crippen molar-refractivity contribution in [2.75, 3.05) is 0 Å². The van der Waals surface area contributed by atoms with Crippen LogP contribution in [0.3, 0.4) is 0 Å². The first-order chi connectivity index (χ1) is 10.6. The van der Waals surface area contributed by atoms with Crippen LogP contribution >= 0.6 is 0 Å². The van der Waals surface area contributed by atoms with Crippen molar-refractivity contribution in [3.63, 3.8) is 0 Å². The summed E-state index contributed by atoms with van der Waals surface area (Å²) in [5.41, 5.74) is 3.95. The largest absolute Gasteiger partial charge is 0.369 e. The van der Waals surface area contributed by atoms with E-state index in [0.29, 0.717) is 12.0 Å². The molecule has 23 heavy (non-hydrogen) atoms. The van der Waals surface area contributed by atoms with Gasteiger partial charge in [0.2, 0.25) is 5.91 Å². The highest BCUT2D eigenvalue weighted by atomic mass is 16.6. The molecule has 0 radical (unpaired) electrons. The van der Waals surface area contributed by atoms with Gasteiger partial charge in [0.15, 0.2) is 0 Å². The molecular formula is C15H21N3O5. The minimum Gasteiger partial charge on any atom is -0.369 e. The Labute approximate surface area is 134 Å². The van der Waals surface area contributed by atoms with E-state index >= 15 is 0 Å². The highest BCUT2D eigenvalue weighted by Crippen LogP contribution is 2.37. The SMILES string of the molecule is CCCCc1ccc([N+](=O)[O-])c(CC(C)(C)C(N)=O)c1[N+](=O)[O-]. The third-order valence-corrected chi connectivity index (χ3v) is 3.81. The molecule has 0 saturated heterocycles. The second-order valence-electron chi connectivity index (χ2n) is 6.11. The summed E-state index contributed by atoms with van der Waals surface area (Å²) < 4.78 is 0. The van der Waals surface area contributed by atoms with Crippen LogP contribution in [0.2, 0.25) is 0 Å². The van der Waals surface area contributed by atoms with Crippen molar-refractivity contribution in [2.24, 2.45) is 11.1 Å². The van der Waals surface area contributed by atoms with Gasteiger partial charge in [0, 0.05) is 17.0 Å². The molecule has 8 heteroatoms. The maximum atomic E-state index is 11.5. The molecule has 0 atom stereocenters. The summed E-state index contributed by atoms with van der Waals surface area (Å²) in [6, 6.07) is 2.69. The Morgan fingerprint density at radius 2 is 1.83 bits per heavy atom. The Hall–Kier alpha value is -2.51. The van der Waals surface area contributed by atoms with Crippen LogP contribution in [0.4, 0.5) is 11.4 Å². The van der Waals surface area contributed by atoms with Crippen LogP contribution in [0, 0.1) is 25.6 Å². The zero-order valence-electron chi connectivity index (χ0n) is 13.5. The van der Waals surface area contributed by atoms with E-state index in [9.17, 15) is 25.0 Å². The summed E-state index contributed by atoms with van der Waals surface area (Å²) >= 11 is 0. The number of carbonyl (C=O) groups is 1. The molecule has 1 aromatic carbocycles. The van der Waals surface area contributed by atoms with Gasteiger partial charge >= 0.3 is 0 Å². The lowest BCUT2D eigenvalue weighted by Gasteiger charge is -2.20. The molecule has 0 saturated carbocycles. The summed E-state index contributed by atoms with van der Waals surface area (Å²) in [4.78, 5) is 33.0. The van der Waals surface area contributed by atoms with Gasteiger partial charge in [0.1, 0.15) is 5.56 Å². The normalized spacial score (nSPS) is 11.3. The van der Waals surface area contributed by atoms with Crippen LogP contribution < -0.4 is 5.73 Å². The zero-order valence-corrected chi connectivity index (χ0v) is 13.5. The molecule has 2 N–H and O–H groups in total. The van der Waals surface area contributed by atoms with E-state index in [2.05, 4.69) is 0 Å². The minimum atomic E-state index is -1.13. The zero-order chi connectivity index (χ0) is 17.8. The molecule has 0 aromatic heterocycles. The van der Waals surface area contributed by atoms with Gasteiger partial charge in [-0.1, -0.05) is 27.2 Å². The van der Waals surface area contributed by atoms with Crippen molar-refractivity contribution in [3.05, 3.63) is 43.5 Å². The van der Waals surface area contributed by atoms with E-state index in [1.807, 2.05) is 6.92 Å². The third kappa shape index (κ3) is 4.24. The number of nitrogens with zero attached hydrogens (tertiary/aromatic N) is 2. The van der Waals surface area contributed by atoms with Crippen LogP contribution in [0.25, 0.3) is 0 Å². The molecule has 1 aromatic rings. The Bertz CT molecular complexity index is 640. The molecule has 1 amide bonds. The van der Waals surface area contributed by atoms with Crippen molar-refractivity contribution >= 4 is 17.3 Å². The number of nitro groups is 2. The number of primary amides is 1. The fraction of sp³-hybridized carbons (Fsp3) is 0.533. The standard InChI is InChI=1S/C15H21N3O5/c1-4-5-6-10-7-8-12(17(20)21)11(13(10)18(22)23)9-15(2,3)14(16)19/h7-8H,4-6,9H2,1-3H3,(H2,16,19). The van der Waals surface area contributed by atoms with Gasteiger partial charge in [-0.05, 0) is 25.3 Å². The van der Waals surface area contributed by atoms with Gasteiger partial charge in [-0.3, -0.25) is 25.0 Å². The summed E-state index contributed by atoms with van der Waals surface area (Å²) in [7, 11) is 0. The lowest BCUT2D eigenvalue weighted by Crippen LogP contribution is -2.33. The maximum absolute atomic E-state index is 11.5. The fourth-order valence-electron chi connectivity index (χ4n) is 2.34. The van der Waals surface area contributed by atoms with Crippen molar-refractivity contribution in [3.8, 4) is 0 Å². The Kier molecular flexibility index (Phi) is 5.78. The average Bonchev–Trinajstić information content (AvgIpc) is 2.43. The second-order valence-corrected chi connectivity index (χ2v) is 6.11. The quantitative estimate of drug-likeness (QED) is 0.580. The summed E-state index contributed by atoms with van der Waals surface area (Å²) in [6.45, 7) is 4.98. The number of nitrogens with two attached hydrogens (primary N) is 1. The van der Waals surface area contributed by atoms with Crippen LogP contribution in [0.5, 0.6) is 0 Å². The smallest absolute Gasteiger partial charge is 0.282 e. The predicted molar refractivity (Wildman–Crippen MR) is 85.0 cm³/mol. The Morgan fingerprint density at radius 1 is 1.22 bits per heavy atom. The van der Waals surface area contributed by atoms with E-state index in [1.54, 1.807) is 0 Å². The molecule has 0 aliphatic carbocycles. The van der Waals surface area contributed by atoms with Gasteiger partial charge in [-0.2, -0.15) is 0 Å². The van der Waals surface area contributed by atoms with E-state index in [4.69, 9.17) is 5.73 Å². The van der Waals surface area contributed by atoms with Gasteiger partial charge < -0.3 is 5.73 Å². The summed E-state index contributed by atoms with van der Waals surface area (Å²) in [6.07, 6.45) is 1.87. The number of hydrogen-bond donors (Lipinski definition) is 1. The van der Waals surface area contributed by atoms with E-state index in [-0.39, 0.29) is 23.4 Å². The number of amides is 1. The highest BCUT2D eigenvalue weighted by Gasteiger charge is 2.35. The minimum absolute atomic E-state index is 0.0441. The predicted octanol–water partition coefficient (Wildman–Crippen LogP) is 2.90.